The molecule has 1 atom stereocenters. The van der Waals surface area contributed by atoms with Crippen LogP contribution in [-0.4, -0.2) is 48.3 Å². The fourth-order valence-corrected chi connectivity index (χ4v) is 2.79. The van der Waals surface area contributed by atoms with Crippen LogP contribution in [0.4, 0.5) is 18.9 Å². The van der Waals surface area contributed by atoms with Gasteiger partial charge in [0.1, 0.15) is 0 Å². The summed E-state index contributed by atoms with van der Waals surface area (Å²) in [6.45, 7) is -0.400. The second-order valence-electron chi connectivity index (χ2n) is 5.85. The van der Waals surface area contributed by atoms with Gasteiger partial charge in [0.05, 0.1) is 12.5 Å². The van der Waals surface area contributed by atoms with Gasteiger partial charge >= 0.3 is 6.18 Å². The summed E-state index contributed by atoms with van der Waals surface area (Å²) in [5.74, 6) is -0.671. The number of halogens is 3. The van der Waals surface area contributed by atoms with Crippen LogP contribution < -0.4 is 5.32 Å². The smallest absolute Gasteiger partial charge is 0.396 e. The summed E-state index contributed by atoms with van der Waals surface area (Å²) < 4.78 is 37.4. The van der Waals surface area contributed by atoms with Crippen molar-refractivity contribution in [3.63, 3.8) is 0 Å². The van der Waals surface area contributed by atoms with E-state index in [-0.39, 0.29) is 19.1 Å². The topological polar surface area (TPSA) is 52.6 Å². The van der Waals surface area contributed by atoms with Gasteiger partial charge in [-0.3, -0.25) is 9.69 Å². The number of hydrogen-bond donors (Lipinski definition) is 2. The Hall–Kier alpha value is -1.60. The lowest BCUT2D eigenvalue weighted by molar-refractivity contribution is -0.151. The molecule has 1 aliphatic rings. The van der Waals surface area contributed by atoms with Crippen LogP contribution in [0.1, 0.15) is 18.4 Å². The number of carbonyl (C=O) groups excluding carboxylic acids is 1. The molecule has 1 unspecified atom stereocenters. The quantitative estimate of drug-likeness (QED) is 0.872. The summed E-state index contributed by atoms with van der Waals surface area (Å²) in [7, 11) is 0. The van der Waals surface area contributed by atoms with Gasteiger partial charge in [-0.25, -0.2) is 0 Å². The van der Waals surface area contributed by atoms with Gasteiger partial charge in [-0.15, -0.1) is 0 Å². The number of aliphatic hydroxyl groups is 1. The molecule has 2 rings (SSSR count). The fourth-order valence-electron chi connectivity index (χ4n) is 2.79. The van der Waals surface area contributed by atoms with Crippen LogP contribution in [0, 0.1) is 5.92 Å². The second kappa shape index (κ2) is 7.79. The molecule has 1 aromatic carbocycles. The molecule has 1 saturated heterocycles. The number of piperidine rings is 1. The van der Waals surface area contributed by atoms with Gasteiger partial charge in [0.15, 0.2) is 0 Å². The standard InChI is InChI=1S/C16H21F3N2O2/c17-16(18,19)11-21-8-1-2-13(10-21)15(23)20-14-5-3-12(4-6-14)7-9-22/h3-6,13,22H,1-2,7-11H2,(H,20,23). The normalized spacial score (nSPS) is 19.6. The number of hydrogen-bond acceptors (Lipinski definition) is 3. The summed E-state index contributed by atoms with van der Waals surface area (Å²) in [4.78, 5) is 13.5. The molecule has 0 aromatic heterocycles. The average molecular weight is 330 g/mol. The third-order valence-electron chi connectivity index (χ3n) is 3.90. The van der Waals surface area contributed by atoms with E-state index in [4.69, 9.17) is 5.11 Å². The van der Waals surface area contributed by atoms with Crippen LogP contribution in [0.2, 0.25) is 0 Å². The SMILES string of the molecule is O=C(Nc1ccc(CCO)cc1)C1CCCN(CC(F)(F)F)C1. The molecule has 4 nitrogen and oxygen atoms in total. The molecule has 1 aromatic rings. The molecule has 1 amide bonds. The predicted octanol–water partition coefficient (Wildman–Crippen LogP) is 2.43. The summed E-state index contributed by atoms with van der Waals surface area (Å²) >= 11 is 0. The number of nitrogens with zero attached hydrogens (tertiary/aromatic N) is 1. The molecule has 128 valence electrons. The van der Waals surface area contributed by atoms with Crippen LogP contribution in [0.25, 0.3) is 0 Å². The molecular formula is C16H21F3N2O2. The lowest BCUT2D eigenvalue weighted by Gasteiger charge is -2.32. The summed E-state index contributed by atoms with van der Waals surface area (Å²) in [6.07, 6.45) is -2.50. The van der Waals surface area contributed by atoms with Crippen molar-refractivity contribution < 1.29 is 23.1 Å². The van der Waals surface area contributed by atoms with E-state index in [2.05, 4.69) is 5.32 Å². The number of rotatable bonds is 5. The third-order valence-corrected chi connectivity index (χ3v) is 3.90. The fraction of sp³-hybridized carbons (Fsp3) is 0.562. The zero-order valence-corrected chi connectivity index (χ0v) is 12.8. The van der Waals surface area contributed by atoms with Gasteiger partial charge in [-0.1, -0.05) is 12.1 Å². The molecule has 0 saturated carbocycles. The van der Waals surface area contributed by atoms with Crippen molar-refractivity contribution in [3.05, 3.63) is 29.8 Å². The molecular weight excluding hydrogens is 309 g/mol. The Bertz CT molecular complexity index is 517. The van der Waals surface area contributed by atoms with Crippen molar-refractivity contribution in [1.29, 1.82) is 0 Å². The molecule has 1 heterocycles. The number of aliphatic hydroxyl groups excluding tert-OH is 1. The maximum Gasteiger partial charge on any atom is 0.401 e. The van der Waals surface area contributed by atoms with Crippen LogP contribution in [-0.2, 0) is 11.2 Å². The summed E-state index contributed by atoms with van der Waals surface area (Å²) in [6, 6.07) is 7.09. The molecule has 0 bridgehead atoms. The first-order valence-electron chi connectivity index (χ1n) is 7.67. The number of alkyl halides is 3. The molecule has 23 heavy (non-hydrogen) atoms. The van der Waals surface area contributed by atoms with Gasteiger partial charge in [0, 0.05) is 18.8 Å². The van der Waals surface area contributed by atoms with Crippen LogP contribution >= 0.6 is 0 Å². The van der Waals surface area contributed by atoms with Gasteiger partial charge in [0.25, 0.3) is 0 Å². The van der Waals surface area contributed by atoms with Gasteiger partial charge < -0.3 is 10.4 Å². The summed E-state index contributed by atoms with van der Waals surface area (Å²) in [5, 5.41) is 11.6. The molecule has 0 spiro atoms. The highest BCUT2D eigenvalue weighted by Crippen LogP contribution is 2.23. The maximum absolute atomic E-state index is 12.5. The Balaban J connectivity index is 1.89. The molecule has 7 heteroatoms. The van der Waals surface area contributed by atoms with E-state index in [1.165, 1.54) is 4.90 Å². The molecule has 1 fully saturated rings. The van der Waals surface area contributed by atoms with Crippen molar-refractivity contribution in [2.24, 2.45) is 5.92 Å². The lowest BCUT2D eigenvalue weighted by atomic mass is 9.97. The highest BCUT2D eigenvalue weighted by molar-refractivity contribution is 5.92. The van der Waals surface area contributed by atoms with E-state index in [0.717, 1.165) is 5.56 Å². The molecule has 0 aliphatic carbocycles. The van der Waals surface area contributed by atoms with Crippen molar-refractivity contribution >= 4 is 11.6 Å². The largest absolute Gasteiger partial charge is 0.401 e. The minimum Gasteiger partial charge on any atom is -0.396 e. The number of benzene rings is 1. The lowest BCUT2D eigenvalue weighted by Crippen LogP contribution is -2.44. The van der Waals surface area contributed by atoms with E-state index in [1.807, 2.05) is 12.1 Å². The second-order valence-corrected chi connectivity index (χ2v) is 5.85. The van der Waals surface area contributed by atoms with Crippen molar-refractivity contribution in [1.82, 2.24) is 4.90 Å². The highest BCUT2D eigenvalue weighted by Gasteiger charge is 2.34. The first-order valence-corrected chi connectivity index (χ1v) is 7.67. The Labute approximate surface area is 133 Å². The van der Waals surface area contributed by atoms with E-state index in [1.54, 1.807) is 12.1 Å². The van der Waals surface area contributed by atoms with E-state index in [9.17, 15) is 18.0 Å². The number of amides is 1. The van der Waals surface area contributed by atoms with Crippen LogP contribution in [0.3, 0.4) is 0 Å². The Kier molecular flexibility index (Phi) is 6.01. The molecule has 1 aliphatic heterocycles. The monoisotopic (exact) mass is 330 g/mol. The number of likely N-dealkylation sites (tertiary alicyclic amines) is 1. The average Bonchev–Trinajstić information content (AvgIpc) is 2.48. The van der Waals surface area contributed by atoms with Crippen molar-refractivity contribution in [3.8, 4) is 0 Å². The van der Waals surface area contributed by atoms with Crippen LogP contribution in [0.5, 0.6) is 0 Å². The number of nitrogens with one attached hydrogen (secondary N) is 1. The predicted molar refractivity (Wildman–Crippen MR) is 81.1 cm³/mol. The Morgan fingerprint density at radius 1 is 1.30 bits per heavy atom. The Morgan fingerprint density at radius 2 is 2.00 bits per heavy atom. The molecule has 2 N–H and O–H groups in total. The van der Waals surface area contributed by atoms with Crippen LogP contribution in [0.15, 0.2) is 24.3 Å². The third kappa shape index (κ3) is 5.84. The van der Waals surface area contributed by atoms with Crippen molar-refractivity contribution in [2.75, 3.05) is 31.6 Å². The minimum atomic E-state index is -4.24. The summed E-state index contributed by atoms with van der Waals surface area (Å²) in [5.41, 5.74) is 1.57. The maximum atomic E-state index is 12.5. The Morgan fingerprint density at radius 3 is 2.61 bits per heavy atom. The van der Waals surface area contributed by atoms with E-state index in [0.29, 0.717) is 31.5 Å². The van der Waals surface area contributed by atoms with E-state index < -0.39 is 18.6 Å². The molecule has 0 radical (unpaired) electrons. The number of carbonyl (C=O) groups is 1. The van der Waals surface area contributed by atoms with E-state index >= 15 is 0 Å². The first kappa shape index (κ1) is 17.7. The minimum absolute atomic E-state index is 0.0584. The van der Waals surface area contributed by atoms with Gasteiger partial charge in [-0.2, -0.15) is 13.2 Å². The van der Waals surface area contributed by atoms with Crippen molar-refractivity contribution in [2.45, 2.75) is 25.4 Å². The first-order chi connectivity index (χ1) is 10.9. The zero-order valence-electron chi connectivity index (χ0n) is 12.8. The van der Waals surface area contributed by atoms with Gasteiger partial charge in [0.2, 0.25) is 5.91 Å². The highest BCUT2D eigenvalue weighted by atomic mass is 19.4. The zero-order chi connectivity index (χ0) is 16.9. The number of anilines is 1. The van der Waals surface area contributed by atoms with Gasteiger partial charge in [-0.05, 0) is 43.5 Å².